The van der Waals surface area contributed by atoms with E-state index in [9.17, 15) is 4.79 Å². The van der Waals surface area contributed by atoms with Gasteiger partial charge in [0.05, 0.1) is 0 Å². The zero-order valence-electron chi connectivity index (χ0n) is 18.6. The van der Waals surface area contributed by atoms with Crippen LogP contribution in [0.4, 0.5) is 0 Å². The Morgan fingerprint density at radius 3 is 2.00 bits per heavy atom. The summed E-state index contributed by atoms with van der Waals surface area (Å²) < 4.78 is 5.25. The molecule has 0 fully saturated rings. The minimum atomic E-state index is -0.0830. The average molecular weight is 399 g/mol. The van der Waals surface area contributed by atoms with E-state index in [1.54, 1.807) is 0 Å². The van der Waals surface area contributed by atoms with Gasteiger partial charge in [-0.25, -0.2) is 0 Å². The van der Waals surface area contributed by atoms with E-state index in [2.05, 4.69) is 19.1 Å². The number of carbonyl (C=O) groups excluding carboxylic acids is 1. The highest BCUT2D eigenvalue weighted by molar-refractivity contribution is 5.69. The predicted molar refractivity (Wildman–Crippen MR) is 126 cm³/mol. The molecule has 0 atom stereocenters. The quantitative estimate of drug-likeness (QED) is 0.141. The van der Waals surface area contributed by atoms with E-state index in [0.29, 0.717) is 13.0 Å². The third-order valence-corrected chi connectivity index (χ3v) is 5.09. The molecule has 2 heteroatoms. The van der Waals surface area contributed by atoms with Crippen LogP contribution in [0.1, 0.15) is 102 Å². The molecule has 0 amide bonds. The summed E-state index contributed by atoms with van der Waals surface area (Å²) in [6, 6.07) is 10.1. The molecule has 0 saturated carbocycles. The molecule has 0 N–H and O–H groups in total. The van der Waals surface area contributed by atoms with Crippen LogP contribution in [0.5, 0.6) is 0 Å². The summed E-state index contributed by atoms with van der Waals surface area (Å²) in [5.41, 5.74) is 1.13. The van der Waals surface area contributed by atoms with E-state index in [1.165, 1.54) is 70.6 Å². The van der Waals surface area contributed by atoms with Crippen molar-refractivity contribution in [3.05, 3.63) is 54.1 Å². The Bertz CT molecular complexity index is 545. The molecule has 1 aromatic carbocycles. The Morgan fingerprint density at radius 1 is 0.759 bits per heavy atom. The van der Waals surface area contributed by atoms with Crippen LogP contribution in [-0.2, 0) is 9.53 Å². The fourth-order valence-electron chi connectivity index (χ4n) is 3.30. The van der Waals surface area contributed by atoms with Crippen LogP contribution >= 0.6 is 0 Å². The van der Waals surface area contributed by atoms with E-state index >= 15 is 0 Å². The molecule has 0 aliphatic carbocycles. The highest BCUT2D eigenvalue weighted by Crippen LogP contribution is 2.10. The second kappa shape index (κ2) is 19.5. The first-order valence-corrected chi connectivity index (χ1v) is 11.8. The smallest absolute Gasteiger partial charge is 0.306 e. The van der Waals surface area contributed by atoms with Crippen LogP contribution in [0.25, 0.3) is 6.08 Å². The summed E-state index contributed by atoms with van der Waals surface area (Å²) in [7, 11) is 0. The molecule has 0 aliphatic heterocycles. The van der Waals surface area contributed by atoms with Crippen LogP contribution in [-0.4, -0.2) is 12.6 Å². The summed E-state index contributed by atoms with van der Waals surface area (Å²) in [6.07, 6.45) is 25.6. The zero-order chi connectivity index (χ0) is 20.8. The molecule has 0 bridgehead atoms. The summed E-state index contributed by atoms with van der Waals surface area (Å²) in [5, 5.41) is 0. The molecule has 1 rings (SSSR count). The molecule has 0 unspecified atom stereocenters. The van der Waals surface area contributed by atoms with Crippen molar-refractivity contribution in [3.63, 3.8) is 0 Å². The highest BCUT2D eigenvalue weighted by atomic mass is 16.5. The number of carbonyl (C=O) groups is 1. The van der Waals surface area contributed by atoms with Crippen molar-refractivity contribution in [1.29, 1.82) is 0 Å². The van der Waals surface area contributed by atoms with Crippen LogP contribution < -0.4 is 0 Å². The number of esters is 1. The maximum absolute atomic E-state index is 11.7. The first-order chi connectivity index (χ1) is 14.3. The van der Waals surface area contributed by atoms with Gasteiger partial charge >= 0.3 is 5.97 Å². The number of rotatable bonds is 18. The Hall–Kier alpha value is -1.83. The molecule has 0 spiro atoms. The molecule has 29 heavy (non-hydrogen) atoms. The van der Waals surface area contributed by atoms with Gasteiger partial charge in [0.2, 0.25) is 0 Å². The normalized spacial score (nSPS) is 11.5. The van der Waals surface area contributed by atoms with E-state index in [-0.39, 0.29) is 5.97 Å². The molecular weight excluding hydrogens is 356 g/mol. The molecule has 0 radical (unpaired) electrons. The van der Waals surface area contributed by atoms with Crippen molar-refractivity contribution >= 4 is 12.0 Å². The van der Waals surface area contributed by atoms with E-state index in [1.807, 2.05) is 42.5 Å². The number of ether oxygens (including phenoxy) is 1. The number of benzene rings is 1. The second-order valence-corrected chi connectivity index (χ2v) is 7.83. The molecule has 0 aromatic heterocycles. The number of unbranched alkanes of at least 4 members (excludes halogenated alkanes) is 11. The third-order valence-electron chi connectivity index (χ3n) is 5.09. The summed E-state index contributed by atoms with van der Waals surface area (Å²) in [4.78, 5) is 11.7. The lowest BCUT2D eigenvalue weighted by molar-refractivity contribution is -0.142. The Balaban J connectivity index is 1.83. The van der Waals surface area contributed by atoms with Gasteiger partial charge in [0.15, 0.2) is 0 Å². The van der Waals surface area contributed by atoms with Gasteiger partial charge in [0.1, 0.15) is 6.61 Å². The third kappa shape index (κ3) is 16.8. The van der Waals surface area contributed by atoms with Crippen molar-refractivity contribution in [2.45, 2.75) is 96.8 Å². The summed E-state index contributed by atoms with van der Waals surface area (Å²) in [5.74, 6) is -0.0830. The van der Waals surface area contributed by atoms with Crippen molar-refractivity contribution < 1.29 is 9.53 Å². The Morgan fingerprint density at radius 2 is 1.34 bits per heavy atom. The fraction of sp³-hybridized carbons (Fsp3) is 0.593. The van der Waals surface area contributed by atoms with Crippen LogP contribution in [0, 0.1) is 0 Å². The van der Waals surface area contributed by atoms with Gasteiger partial charge in [0.25, 0.3) is 0 Å². The number of hydrogen-bond donors (Lipinski definition) is 0. The lowest BCUT2D eigenvalue weighted by Gasteiger charge is -2.02. The van der Waals surface area contributed by atoms with Crippen molar-refractivity contribution in [1.82, 2.24) is 0 Å². The average Bonchev–Trinajstić information content (AvgIpc) is 2.75. The van der Waals surface area contributed by atoms with Gasteiger partial charge in [-0.3, -0.25) is 4.79 Å². The van der Waals surface area contributed by atoms with Crippen LogP contribution in [0.3, 0.4) is 0 Å². The van der Waals surface area contributed by atoms with Crippen molar-refractivity contribution in [2.75, 3.05) is 6.61 Å². The van der Waals surface area contributed by atoms with E-state index in [4.69, 9.17) is 4.74 Å². The van der Waals surface area contributed by atoms with Gasteiger partial charge in [-0.1, -0.05) is 107 Å². The molecule has 0 saturated heterocycles. The topological polar surface area (TPSA) is 26.3 Å². The van der Waals surface area contributed by atoms with E-state index < -0.39 is 0 Å². The SMILES string of the molecule is CCCCCCCC/C=C\CCCCCCCC(=O)OCC=Cc1ccccc1. The molecule has 2 nitrogen and oxygen atoms in total. The van der Waals surface area contributed by atoms with Crippen molar-refractivity contribution in [2.24, 2.45) is 0 Å². The van der Waals surface area contributed by atoms with Gasteiger partial charge in [0, 0.05) is 6.42 Å². The molecule has 0 heterocycles. The molecule has 1 aromatic rings. The molecule has 162 valence electrons. The predicted octanol–water partition coefficient (Wildman–Crippen LogP) is 8.28. The lowest BCUT2D eigenvalue weighted by atomic mass is 10.1. The van der Waals surface area contributed by atoms with Crippen LogP contribution in [0.15, 0.2) is 48.6 Å². The van der Waals surface area contributed by atoms with Gasteiger partial charge in [-0.2, -0.15) is 0 Å². The highest BCUT2D eigenvalue weighted by Gasteiger charge is 2.01. The fourth-order valence-corrected chi connectivity index (χ4v) is 3.30. The van der Waals surface area contributed by atoms with Gasteiger partial charge < -0.3 is 4.74 Å². The number of hydrogen-bond acceptors (Lipinski definition) is 2. The van der Waals surface area contributed by atoms with Gasteiger partial charge in [-0.15, -0.1) is 0 Å². The first-order valence-electron chi connectivity index (χ1n) is 11.8. The largest absolute Gasteiger partial charge is 0.461 e. The molecular formula is C27H42O2. The maximum Gasteiger partial charge on any atom is 0.306 e. The zero-order valence-corrected chi connectivity index (χ0v) is 18.6. The Kier molecular flexibility index (Phi) is 16.9. The summed E-state index contributed by atoms with van der Waals surface area (Å²) >= 11 is 0. The Labute approximate surface area is 179 Å². The second-order valence-electron chi connectivity index (χ2n) is 7.83. The monoisotopic (exact) mass is 398 g/mol. The van der Waals surface area contributed by atoms with E-state index in [0.717, 1.165) is 18.4 Å². The number of allylic oxidation sites excluding steroid dienone is 2. The van der Waals surface area contributed by atoms with Gasteiger partial charge in [-0.05, 0) is 43.7 Å². The lowest BCUT2D eigenvalue weighted by Crippen LogP contribution is -2.03. The minimum absolute atomic E-state index is 0.0830. The summed E-state index contributed by atoms with van der Waals surface area (Å²) in [6.45, 7) is 2.63. The van der Waals surface area contributed by atoms with Crippen molar-refractivity contribution in [3.8, 4) is 0 Å². The maximum atomic E-state index is 11.7. The van der Waals surface area contributed by atoms with Crippen LogP contribution in [0.2, 0.25) is 0 Å². The first kappa shape index (κ1) is 25.2. The minimum Gasteiger partial charge on any atom is -0.461 e. The standard InChI is InChI=1S/C27H42O2/c1-2-3-4-5-6-7-8-9-10-11-12-13-14-15-19-24-27(28)29-25-20-23-26-21-17-16-18-22-26/h9-10,16-18,20-23H,2-8,11-15,19,24-25H2,1H3/b10-9-,23-20?. The molecule has 0 aliphatic rings.